The van der Waals surface area contributed by atoms with Crippen molar-refractivity contribution in [2.45, 2.75) is 13.5 Å². The van der Waals surface area contributed by atoms with Crippen LogP contribution in [-0.2, 0) is 11.3 Å². The van der Waals surface area contributed by atoms with Crippen LogP contribution in [0.2, 0.25) is 0 Å². The number of carbonyl (C=O) groups is 1. The molecule has 3 heterocycles. The lowest BCUT2D eigenvalue weighted by molar-refractivity contribution is -0.137. The lowest BCUT2D eigenvalue weighted by Crippen LogP contribution is -2.09. The molecule has 3 aromatic heterocycles. The van der Waals surface area contributed by atoms with E-state index >= 15 is 0 Å². The highest BCUT2D eigenvalue weighted by Gasteiger charge is 2.20. The molecular formula is C24H16F2N2O2S. The van der Waals surface area contributed by atoms with E-state index in [2.05, 4.69) is 4.98 Å². The quantitative estimate of drug-likeness (QED) is 0.363. The second kappa shape index (κ2) is 7.28. The molecular weight excluding hydrogens is 418 g/mol. The summed E-state index contributed by atoms with van der Waals surface area (Å²) in [5, 5.41) is 13.0. The van der Waals surface area contributed by atoms with Crippen LogP contribution in [0.4, 0.5) is 8.78 Å². The predicted octanol–water partition coefficient (Wildman–Crippen LogP) is 6.26. The fourth-order valence-electron chi connectivity index (χ4n) is 4.06. The number of carboxylic acid groups (broad SMARTS) is 1. The number of thiophene rings is 1. The molecule has 7 heteroatoms. The molecule has 5 aromatic rings. The molecule has 0 saturated carbocycles. The Hall–Kier alpha value is -3.58. The summed E-state index contributed by atoms with van der Waals surface area (Å²) in [6.45, 7) is 1.66. The van der Waals surface area contributed by atoms with Gasteiger partial charge < -0.3 is 9.67 Å². The molecule has 0 aliphatic rings. The van der Waals surface area contributed by atoms with Crippen LogP contribution in [0.1, 0.15) is 5.69 Å². The molecule has 0 radical (unpaired) electrons. The van der Waals surface area contributed by atoms with Gasteiger partial charge in [-0.3, -0.25) is 9.78 Å². The van der Waals surface area contributed by atoms with Crippen molar-refractivity contribution in [1.82, 2.24) is 9.55 Å². The average molecular weight is 434 g/mol. The minimum Gasteiger partial charge on any atom is -0.480 e. The number of fused-ring (bicyclic) bond motifs is 2. The lowest BCUT2D eigenvalue weighted by atomic mass is 10.00. The minimum absolute atomic E-state index is 0.198. The van der Waals surface area contributed by atoms with E-state index < -0.39 is 5.97 Å². The van der Waals surface area contributed by atoms with Crippen molar-refractivity contribution in [2.24, 2.45) is 0 Å². The van der Waals surface area contributed by atoms with Gasteiger partial charge in [0.15, 0.2) is 0 Å². The molecule has 0 spiro atoms. The summed E-state index contributed by atoms with van der Waals surface area (Å²) in [5.74, 6) is -1.71. The molecule has 154 valence electrons. The van der Waals surface area contributed by atoms with Gasteiger partial charge in [0.1, 0.15) is 18.2 Å². The van der Waals surface area contributed by atoms with Crippen LogP contribution in [0.5, 0.6) is 0 Å². The Kier molecular flexibility index (Phi) is 4.55. The number of nitrogens with zero attached hydrogens (tertiary/aromatic N) is 2. The SMILES string of the molecule is Cc1c(-c2csc3cc(-c4ccc(F)cn4)ccc23)c2cc(F)ccc2n1CC(=O)O. The maximum atomic E-state index is 14.1. The fraction of sp³-hybridized carbons (Fsp3) is 0.0833. The number of hydrogen-bond donors (Lipinski definition) is 1. The normalized spacial score (nSPS) is 11.5. The Morgan fingerprint density at radius 1 is 1.06 bits per heavy atom. The van der Waals surface area contributed by atoms with E-state index in [-0.39, 0.29) is 18.2 Å². The van der Waals surface area contributed by atoms with Gasteiger partial charge in [0.05, 0.1) is 11.9 Å². The zero-order chi connectivity index (χ0) is 21.7. The van der Waals surface area contributed by atoms with Crippen molar-refractivity contribution >= 4 is 38.3 Å². The average Bonchev–Trinajstić information content (AvgIpc) is 3.26. The van der Waals surface area contributed by atoms with Crippen molar-refractivity contribution < 1.29 is 18.7 Å². The third-order valence-corrected chi connectivity index (χ3v) is 6.39. The van der Waals surface area contributed by atoms with Gasteiger partial charge in [0.2, 0.25) is 0 Å². The molecule has 2 aromatic carbocycles. The smallest absolute Gasteiger partial charge is 0.323 e. The minimum atomic E-state index is -0.956. The first-order valence-electron chi connectivity index (χ1n) is 9.56. The van der Waals surface area contributed by atoms with Gasteiger partial charge in [0.25, 0.3) is 0 Å². The van der Waals surface area contributed by atoms with Crippen LogP contribution in [0.15, 0.2) is 60.1 Å². The van der Waals surface area contributed by atoms with Gasteiger partial charge in [0, 0.05) is 43.4 Å². The highest BCUT2D eigenvalue weighted by atomic mass is 32.1. The number of hydrogen-bond acceptors (Lipinski definition) is 3. The largest absolute Gasteiger partial charge is 0.480 e. The van der Waals surface area contributed by atoms with Gasteiger partial charge in [-0.25, -0.2) is 8.78 Å². The number of pyridine rings is 1. The van der Waals surface area contributed by atoms with E-state index in [0.29, 0.717) is 16.6 Å². The van der Waals surface area contributed by atoms with Crippen molar-refractivity contribution in [2.75, 3.05) is 0 Å². The molecule has 0 atom stereocenters. The van der Waals surface area contributed by atoms with Crippen LogP contribution in [0.3, 0.4) is 0 Å². The summed E-state index contributed by atoms with van der Waals surface area (Å²) in [4.78, 5) is 15.6. The number of halogens is 2. The Labute approximate surface area is 180 Å². The van der Waals surface area contributed by atoms with E-state index in [1.54, 1.807) is 28.0 Å². The molecule has 0 saturated heterocycles. The lowest BCUT2D eigenvalue weighted by Gasteiger charge is -2.06. The van der Waals surface area contributed by atoms with Crippen LogP contribution in [0, 0.1) is 18.6 Å². The number of rotatable bonds is 4. The molecule has 0 aliphatic carbocycles. The molecule has 4 nitrogen and oxygen atoms in total. The van der Waals surface area contributed by atoms with E-state index in [0.717, 1.165) is 32.5 Å². The van der Waals surface area contributed by atoms with E-state index in [1.807, 2.05) is 30.5 Å². The summed E-state index contributed by atoms with van der Waals surface area (Å²) in [7, 11) is 0. The van der Waals surface area contributed by atoms with E-state index in [9.17, 15) is 18.7 Å². The zero-order valence-electron chi connectivity index (χ0n) is 16.4. The van der Waals surface area contributed by atoms with Gasteiger partial charge in [-0.1, -0.05) is 12.1 Å². The van der Waals surface area contributed by atoms with Crippen molar-refractivity contribution in [3.63, 3.8) is 0 Å². The Morgan fingerprint density at radius 3 is 2.61 bits per heavy atom. The second-order valence-electron chi connectivity index (χ2n) is 7.32. The standard InChI is InChI=1S/C24H16F2N2O2S/c1-13-24(18-9-15(25)4-7-21(18)28(13)11-23(29)30)19-12-31-22-8-14(2-5-17(19)22)20-6-3-16(26)10-27-20/h2-10,12H,11H2,1H3,(H,29,30). The topological polar surface area (TPSA) is 55.1 Å². The van der Waals surface area contributed by atoms with E-state index in [4.69, 9.17) is 0 Å². The predicted molar refractivity (Wildman–Crippen MR) is 118 cm³/mol. The third-order valence-electron chi connectivity index (χ3n) is 5.45. The summed E-state index contributed by atoms with van der Waals surface area (Å²) in [6, 6.07) is 13.3. The maximum Gasteiger partial charge on any atom is 0.323 e. The Bertz CT molecular complexity index is 1470. The van der Waals surface area contributed by atoms with Crippen molar-refractivity contribution in [3.8, 4) is 22.4 Å². The van der Waals surface area contributed by atoms with Crippen molar-refractivity contribution in [3.05, 3.63) is 77.4 Å². The summed E-state index contributed by atoms with van der Waals surface area (Å²) < 4.78 is 30.0. The van der Waals surface area contributed by atoms with Crippen LogP contribution >= 0.6 is 11.3 Å². The Morgan fingerprint density at radius 2 is 1.87 bits per heavy atom. The number of benzene rings is 2. The monoisotopic (exact) mass is 434 g/mol. The van der Waals surface area contributed by atoms with Crippen LogP contribution in [0.25, 0.3) is 43.4 Å². The maximum absolute atomic E-state index is 14.1. The molecule has 0 fully saturated rings. The third kappa shape index (κ3) is 3.27. The van der Waals surface area contributed by atoms with Gasteiger partial charge >= 0.3 is 5.97 Å². The zero-order valence-corrected chi connectivity index (χ0v) is 17.2. The fourth-order valence-corrected chi connectivity index (χ4v) is 5.05. The summed E-state index contributed by atoms with van der Waals surface area (Å²) in [5.41, 5.74) is 4.76. The number of aromatic nitrogens is 2. The summed E-state index contributed by atoms with van der Waals surface area (Å²) >= 11 is 1.54. The highest BCUT2D eigenvalue weighted by Crippen LogP contribution is 2.42. The number of carboxylic acids is 1. The molecule has 1 N–H and O–H groups in total. The first-order valence-corrected chi connectivity index (χ1v) is 10.4. The van der Waals surface area contributed by atoms with Gasteiger partial charge in [-0.2, -0.15) is 0 Å². The van der Waals surface area contributed by atoms with Gasteiger partial charge in [-0.05, 0) is 48.7 Å². The van der Waals surface area contributed by atoms with Crippen LogP contribution in [-0.4, -0.2) is 20.6 Å². The molecule has 0 amide bonds. The highest BCUT2D eigenvalue weighted by molar-refractivity contribution is 7.17. The second-order valence-corrected chi connectivity index (χ2v) is 8.23. The number of aliphatic carboxylic acids is 1. The molecule has 0 bridgehead atoms. The first kappa shape index (κ1) is 19.4. The van der Waals surface area contributed by atoms with Crippen LogP contribution < -0.4 is 0 Å². The molecule has 0 unspecified atom stereocenters. The summed E-state index contributed by atoms with van der Waals surface area (Å²) in [6.07, 6.45) is 1.19. The molecule has 5 rings (SSSR count). The molecule has 0 aliphatic heterocycles. The molecule has 31 heavy (non-hydrogen) atoms. The van der Waals surface area contributed by atoms with E-state index in [1.165, 1.54) is 24.4 Å². The first-order chi connectivity index (χ1) is 14.9. The van der Waals surface area contributed by atoms with Crippen molar-refractivity contribution in [1.29, 1.82) is 0 Å². The Balaban J connectivity index is 1.71. The van der Waals surface area contributed by atoms with Gasteiger partial charge in [-0.15, -0.1) is 11.3 Å².